The van der Waals surface area contributed by atoms with Gasteiger partial charge < -0.3 is 15.0 Å². The fourth-order valence-corrected chi connectivity index (χ4v) is 4.12. The lowest BCUT2D eigenvalue weighted by Crippen LogP contribution is -2.46. The number of nitrogens with one attached hydrogen (secondary N) is 2. The van der Waals surface area contributed by atoms with Gasteiger partial charge in [-0.15, -0.1) is 0 Å². The first-order chi connectivity index (χ1) is 16.3. The van der Waals surface area contributed by atoms with Gasteiger partial charge in [0.15, 0.2) is 0 Å². The number of rotatable bonds is 3. The molecule has 3 rings (SSSR count). The molecule has 2 heterocycles. The fourth-order valence-electron chi connectivity index (χ4n) is 3.93. The molecule has 3 amide bonds. The van der Waals surface area contributed by atoms with Crippen molar-refractivity contribution in [2.45, 2.75) is 59.1 Å². The van der Waals surface area contributed by atoms with E-state index < -0.39 is 29.3 Å². The normalized spacial score (nSPS) is 18.1. The molecule has 10 heteroatoms. The number of hydrogen-bond donors (Lipinski definition) is 2. The number of pyridine rings is 1. The van der Waals surface area contributed by atoms with Crippen molar-refractivity contribution in [3.63, 3.8) is 0 Å². The van der Waals surface area contributed by atoms with E-state index >= 15 is 0 Å². The minimum Gasteiger partial charge on any atom is -0.444 e. The molecule has 0 radical (unpaired) electrons. The summed E-state index contributed by atoms with van der Waals surface area (Å²) in [4.78, 5) is 43.6. The van der Waals surface area contributed by atoms with E-state index in [1.54, 1.807) is 39.8 Å². The molecule has 1 aliphatic rings. The number of carbonyl (C=O) groups is 3. The van der Waals surface area contributed by atoms with E-state index in [4.69, 9.17) is 16.3 Å². The summed E-state index contributed by atoms with van der Waals surface area (Å²) >= 11 is 5.95. The van der Waals surface area contributed by atoms with Crippen molar-refractivity contribution in [2.75, 3.05) is 17.2 Å². The van der Waals surface area contributed by atoms with E-state index in [0.29, 0.717) is 29.8 Å². The molecular formula is C25H30ClFN4O4. The number of nitrogens with zero attached hydrogens (tertiary/aromatic N) is 2. The number of aromatic nitrogens is 1. The molecule has 0 spiro atoms. The van der Waals surface area contributed by atoms with Crippen LogP contribution < -0.4 is 10.6 Å². The van der Waals surface area contributed by atoms with Gasteiger partial charge in [0, 0.05) is 6.54 Å². The molecule has 0 bridgehead atoms. The molecule has 1 saturated heterocycles. The molecule has 1 fully saturated rings. The van der Waals surface area contributed by atoms with Crippen molar-refractivity contribution in [1.29, 1.82) is 0 Å². The minimum atomic E-state index is -0.814. The Bertz CT molecular complexity index is 1130. The summed E-state index contributed by atoms with van der Waals surface area (Å²) < 4.78 is 18.9. The van der Waals surface area contributed by atoms with Gasteiger partial charge in [0.05, 0.1) is 22.9 Å². The molecule has 0 aliphatic carbocycles. The predicted octanol–water partition coefficient (Wildman–Crippen LogP) is 5.47. The van der Waals surface area contributed by atoms with Crippen LogP contribution in [-0.2, 0) is 14.3 Å². The fraction of sp³-hybridized carbons (Fsp3) is 0.440. The Morgan fingerprint density at radius 1 is 1.17 bits per heavy atom. The van der Waals surface area contributed by atoms with E-state index in [1.807, 2.05) is 6.92 Å². The predicted molar refractivity (Wildman–Crippen MR) is 132 cm³/mol. The van der Waals surface area contributed by atoms with Gasteiger partial charge in [-0.2, -0.15) is 0 Å². The van der Waals surface area contributed by atoms with Gasteiger partial charge >= 0.3 is 17.9 Å². The van der Waals surface area contributed by atoms with Crippen LogP contribution in [-0.4, -0.2) is 39.9 Å². The van der Waals surface area contributed by atoms with E-state index in [1.165, 1.54) is 23.2 Å². The summed E-state index contributed by atoms with van der Waals surface area (Å²) in [6.45, 7) is 9.36. The van der Waals surface area contributed by atoms with Crippen LogP contribution >= 0.6 is 11.6 Å². The first kappa shape index (κ1) is 26.4. The number of hydrogen-bond acceptors (Lipinski definition) is 5. The average molecular weight is 505 g/mol. The Morgan fingerprint density at radius 2 is 1.89 bits per heavy atom. The maximum absolute atomic E-state index is 13.6. The van der Waals surface area contributed by atoms with E-state index in [0.717, 1.165) is 6.42 Å². The first-order valence-electron chi connectivity index (χ1n) is 11.4. The topological polar surface area (TPSA) is 101 Å². The third kappa shape index (κ3) is 6.91. The molecule has 8 nitrogen and oxygen atoms in total. The second-order valence-corrected chi connectivity index (χ2v) is 10.2. The summed E-state index contributed by atoms with van der Waals surface area (Å²) in [6.07, 6.45) is 2.20. The molecule has 0 saturated carbocycles. The van der Waals surface area contributed by atoms with Gasteiger partial charge in [-0.25, -0.2) is 14.2 Å². The van der Waals surface area contributed by atoms with Gasteiger partial charge in [0.25, 0.3) is 0 Å². The zero-order valence-electron chi connectivity index (χ0n) is 20.4. The molecule has 2 atom stereocenters. The standard InChI is InChI=1S/C25H30ClFN4O4/c1-14-6-9-20(16-7-8-19(27)18(26)11-16)31(13-14)23(33)22(32)29-17-10-15(2)21(28-12-17)30-24(34)35-25(3,4)5/h7-8,10-12,14,20H,6,9,13H2,1-5H3,(H,29,32)(H,28,30,34)/t14-,20+/m1/s1. The molecule has 1 aliphatic heterocycles. The van der Waals surface area contributed by atoms with Crippen LogP contribution in [0.25, 0.3) is 0 Å². The molecule has 1 aromatic heterocycles. The van der Waals surface area contributed by atoms with Crippen LogP contribution in [0.4, 0.5) is 20.7 Å². The maximum atomic E-state index is 13.6. The van der Waals surface area contributed by atoms with Gasteiger partial charge in [-0.1, -0.05) is 24.6 Å². The van der Waals surface area contributed by atoms with Crippen molar-refractivity contribution in [3.8, 4) is 0 Å². The number of benzene rings is 1. The van der Waals surface area contributed by atoms with Gasteiger partial charge in [0.2, 0.25) is 0 Å². The van der Waals surface area contributed by atoms with Crippen molar-refractivity contribution in [1.82, 2.24) is 9.88 Å². The third-order valence-electron chi connectivity index (χ3n) is 5.56. The zero-order valence-corrected chi connectivity index (χ0v) is 21.2. The number of carbonyl (C=O) groups excluding carboxylic acids is 3. The molecule has 0 unspecified atom stereocenters. The highest BCUT2D eigenvalue weighted by molar-refractivity contribution is 6.39. The number of aryl methyl sites for hydroxylation is 1. The third-order valence-corrected chi connectivity index (χ3v) is 5.85. The van der Waals surface area contributed by atoms with Crippen molar-refractivity contribution in [3.05, 3.63) is 52.4 Å². The molecule has 1 aromatic carbocycles. The number of anilines is 2. The number of amides is 3. The Hall–Kier alpha value is -3.20. The quantitative estimate of drug-likeness (QED) is 0.540. The maximum Gasteiger partial charge on any atom is 0.413 e. The van der Waals surface area contributed by atoms with Crippen molar-refractivity contribution in [2.24, 2.45) is 5.92 Å². The largest absolute Gasteiger partial charge is 0.444 e. The van der Waals surface area contributed by atoms with Gasteiger partial charge in [-0.3, -0.25) is 14.9 Å². The number of halogens is 2. The average Bonchev–Trinajstić information content (AvgIpc) is 2.75. The Morgan fingerprint density at radius 3 is 2.51 bits per heavy atom. The molecule has 188 valence electrons. The van der Waals surface area contributed by atoms with Crippen LogP contribution in [0.1, 0.15) is 57.7 Å². The Labute approximate surface area is 209 Å². The van der Waals surface area contributed by atoms with Crippen LogP contribution in [0.3, 0.4) is 0 Å². The van der Waals surface area contributed by atoms with Crippen LogP contribution in [0, 0.1) is 18.7 Å². The summed E-state index contributed by atoms with van der Waals surface area (Å²) in [5, 5.41) is 5.12. The van der Waals surface area contributed by atoms with E-state index in [9.17, 15) is 18.8 Å². The van der Waals surface area contributed by atoms with Crippen molar-refractivity contribution < 1.29 is 23.5 Å². The molecule has 2 N–H and O–H groups in total. The molecular weight excluding hydrogens is 475 g/mol. The highest BCUT2D eigenvalue weighted by Gasteiger charge is 2.34. The lowest BCUT2D eigenvalue weighted by Gasteiger charge is -2.38. The van der Waals surface area contributed by atoms with Crippen LogP contribution in [0.5, 0.6) is 0 Å². The van der Waals surface area contributed by atoms with Gasteiger partial charge in [-0.05, 0) is 75.8 Å². The molecule has 2 aromatic rings. The lowest BCUT2D eigenvalue weighted by molar-refractivity contribution is -0.146. The number of piperidine rings is 1. The smallest absolute Gasteiger partial charge is 0.413 e. The van der Waals surface area contributed by atoms with Crippen LogP contribution in [0.15, 0.2) is 30.5 Å². The summed E-state index contributed by atoms with van der Waals surface area (Å²) in [5.74, 6) is -1.56. The first-order valence-corrected chi connectivity index (χ1v) is 11.8. The van der Waals surface area contributed by atoms with Crippen molar-refractivity contribution >= 4 is 41.0 Å². The van der Waals surface area contributed by atoms with E-state index in [2.05, 4.69) is 15.6 Å². The number of ether oxygens (including phenoxy) is 1. The SMILES string of the molecule is Cc1cc(NC(=O)C(=O)N2C[C@H](C)CC[C@H]2c2ccc(F)c(Cl)c2)cnc1NC(=O)OC(C)(C)C. The summed E-state index contributed by atoms with van der Waals surface area (Å²) in [7, 11) is 0. The zero-order chi connectivity index (χ0) is 25.9. The lowest BCUT2D eigenvalue weighted by atomic mass is 9.89. The Kier molecular flexibility index (Phi) is 8.00. The second-order valence-electron chi connectivity index (χ2n) is 9.80. The highest BCUT2D eigenvalue weighted by Crippen LogP contribution is 2.35. The summed E-state index contributed by atoms with van der Waals surface area (Å²) in [6, 6.07) is 5.56. The second kappa shape index (κ2) is 10.6. The molecule has 35 heavy (non-hydrogen) atoms. The minimum absolute atomic E-state index is 0.0281. The highest BCUT2D eigenvalue weighted by atomic mass is 35.5. The Balaban J connectivity index is 1.72. The summed E-state index contributed by atoms with van der Waals surface area (Å²) in [5.41, 5.74) is 0.906. The van der Waals surface area contributed by atoms with Crippen LogP contribution in [0.2, 0.25) is 5.02 Å². The van der Waals surface area contributed by atoms with E-state index in [-0.39, 0.29) is 22.8 Å². The van der Waals surface area contributed by atoms with Gasteiger partial charge in [0.1, 0.15) is 17.2 Å². The number of likely N-dealkylation sites (tertiary alicyclic amines) is 1. The monoisotopic (exact) mass is 504 g/mol.